The second-order valence-electron chi connectivity index (χ2n) is 3.22. The first kappa shape index (κ1) is 12.3. The lowest BCUT2D eigenvalue weighted by Crippen LogP contribution is -2.39. The molecule has 1 amide bonds. The molecule has 0 aliphatic heterocycles. The number of amides is 1. The fraction of sp³-hybridized carbons (Fsp3) is 0.875. The van der Waals surface area contributed by atoms with Gasteiger partial charge in [-0.15, -0.1) is 0 Å². The highest BCUT2D eigenvalue weighted by atomic mass is 19.3. The molecule has 1 unspecified atom stereocenters. The van der Waals surface area contributed by atoms with Crippen molar-refractivity contribution < 1.29 is 13.6 Å². The van der Waals surface area contributed by atoms with Crippen LogP contribution in [0.5, 0.6) is 0 Å². The Kier molecular flexibility index (Phi) is 5.53. The van der Waals surface area contributed by atoms with Crippen LogP contribution in [0.2, 0.25) is 0 Å². The van der Waals surface area contributed by atoms with E-state index in [0.29, 0.717) is 0 Å². The topological polar surface area (TPSA) is 55.1 Å². The van der Waals surface area contributed by atoms with Crippen LogP contribution in [0.25, 0.3) is 0 Å². The van der Waals surface area contributed by atoms with Crippen molar-refractivity contribution >= 4 is 5.91 Å². The fourth-order valence-electron chi connectivity index (χ4n) is 0.991. The number of halogens is 2. The van der Waals surface area contributed by atoms with Crippen molar-refractivity contribution in [2.24, 2.45) is 17.6 Å². The molecule has 5 heteroatoms. The molecule has 1 atom stereocenters. The lowest BCUT2D eigenvalue weighted by molar-refractivity contribution is -0.126. The molecule has 0 aromatic heterocycles. The highest BCUT2D eigenvalue weighted by Crippen LogP contribution is 2.08. The summed E-state index contributed by atoms with van der Waals surface area (Å²) in [6.07, 6.45) is -2.51. The van der Waals surface area contributed by atoms with Gasteiger partial charge in [0.15, 0.2) is 0 Å². The Morgan fingerprint density at radius 3 is 2.31 bits per heavy atom. The van der Waals surface area contributed by atoms with Crippen LogP contribution in [0.3, 0.4) is 0 Å². The van der Waals surface area contributed by atoms with E-state index in [1.54, 1.807) is 0 Å². The third-order valence-corrected chi connectivity index (χ3v) is 1.83. The molecule has 13 heavy (non-hydrogen) atoms. The quantitative estimate of drug-likeness (QED) is 0.673. The first-order chi connectivity index (χ1) is 5.99. The zero-order chi connectivity index (χ0) is 10.4. The monoisotopic (exact) mass is 194 g/mol. The highest BCUT2D eigenvalue weighted by Gasteiger charge is 2.20. The molecular formula is C8H16F2N2O. The number of hydrogen-bond donors (Lipinski definition) is 2. The van der Waals surface area contributed by atoms with E-state index in [-0.39, 0.29) is 18.4 Å². The number of rotatable bonds is 5. The van der Waals surface area contributed by atoms with Crippen LogP contribution >= 0.6 is 0 Å². The molecule has 0 saturated carbocycles. The summed E-state index contributed by atoms with van der Waals surface area (Å²) in [5.74, 6) is -0.695. The van der Waals surface area contributed by atoms with Crippen molar-refractivity contribution in [3.8, 4) is 0 Å². The van der Waals surface area contributed by atoms with Gasteiger partial charge in [0.2, 0.25) is 5.91 Å². The summed E-state index contributed by atoms with van der Waals surface area (Å²) in [7, 11) is 0. The summed E-state index contributed by atoms with van der Waals surface area (Å²) in [5.41, 5.74) is 5.33. The maximum atomic E-state index is 11.7. The molecule has 0 bridgehead atoms. The minimum Gasteiger partial charge on any atom is -0.350 e. The minimum atomic E-state index is -2.51. The Hall–Kier alpha value is -0.710. The van der Waals surface area contributed by atoms with Crippen LogP contribution in [0.4, 0.5) is 8.78 Å². The van der Waals surface area contributed by atoms with Gasteiger partial charge in [-0.3, -0.25) is 4.79 Å². The van der Waals surface area contributed by atoms with Crippen molar-refractivity contribution in [3.63, 3.8) is 0 Å². The second kappa shape index (κ2) is 5.85. The second-order valence-corrected chi connectivity index (χ2v) is 3.22. The average Bonchev–Trinajstić information content (AvgIpc) is 2.01. The van der Waals surface area contributed by atoms with E-state index in [9.17, 15) is 13.6 Å². The number of hydrogen-bond acceptors (Lipinski definition) is 2. The van der Waals surface area contributed by atoms with Crippen LogP contribution in [0.15, 0.2) is 0 Å². The molecule has 0 aromatic rings. The Bertz CT molecular complexity index is 162. The Morgan fingerprint density at radius 1 is 1.46 bits per heavy atom. The lowest BCUT2D eigenvalue weighted by Gasteiger charge is -2.17. The molecule has 0 radical (unpaired) electrons. The summed E-state index contributed by atoms with van der Waals surface area (Å²) in [4.78, 5) is 11.2. The van der Waals surface area contributed by atoms with E-state index in [4.69, 9.17) is 5.73 Å². The van der Waals surface area contributed by atoms with Crippen LogP contribution in [-0.4, -0.2) is 25.4 Å². The average molecular weight is 194 g/mol. The van der Waals surface area contributed by atoms with E-state index < -0.39 is 18.9 Å². The Labute approximate surface area is 76.7 Å². The van der Waals surface area contributed by atoms with E-state index in [1.807, 2.05) is 13.8 Å². The molecule has 0 saturated heterocycles. The van der Waals surface area contributed by atoms with Gasteiger partial charge >= 0.3 is 0 Å². The SMILES string of the molecule is CC(C)C(CN)C(=O)NCC(F)F. The molecule has 0 aromatic carbocycles. The van der Waals surface area contributed by atoms with Crippen LogP contribution in [-0.2, 0) is 4.79 Å². The molecule has 0 rings (SSSR count). The van der Waals surface area contributed by atoms with E-state index in [0.717, 1.165) is 0 Å². The Balaban J connectivity index is 3.92. The fourth-order valence-corrected chi connectivity index (χ4v) is 0.991. The van der Waals surface area contributed by atoms with Gasteiger partial charge in [-0.25, -0.2) is 8.78 Å². The number of alkyl halides is 2. The van der Waals surface area contributed by atoms with Crippen molar-refractivity contribution in [1.82, 2.24) is 5.32 Å². The molecule has 0 spiro atoms. The van der Waals surface area contributed by atoms with Gasteiger partial charge in [0.1, 0.15) is 0 Å². The molecule has 3 nitrogen and oxygen atoms in total. The van der Waals surface area contributed by atoms with Gasteiger partial charge in [-0.2, -0.15) is 0 Å². The number of nitrogens with two attached hydrogens (primary N) is 1. The van der Waals surface area contributed by atoms with Crippen molar-refractivity contribution in [1.29, 1.82) is 0 Å². The first-order valence-corrected chi connectivity index (χ1v) is 4.25. The number of nitrogens with one attached hydrogen (secondary N) is 1. The normalized spacial score (nSPS) is 13.5. The van der Waals surface area contributed by atoms with E-state index in [1.165, 1.54) is 0 Å². The number of carbonyl (C=O) groups excluding carboxylic acids is 1. The van der Waals surface area contributed by atoms with Gasteiger partial charge in [0, 0.05) is 6.54 Å². The van der Waals surface area contributed by atoms with Crippen molar-refractivity contribution in [3.05, 3.63) is 0 Å². The van der Waals surface area contributed by atoms with E-state index in [2.05, 4.69) is 5.32 Å². The zero-order valence-electron chi connectivity index (χ0n) is 7.89. The summed E-state index contributed by atoms with van der Waals surface area (Å²) in [6, 6.07) is 0. The largest absolute Gasteiger partial charge is 0.350 e. The smallest absolute Gasteiger partial charge is 0.255 e. The molecule has 0 aliphatic rings. The minimum absolute atomic E-state index is 0.0719. The van der Waals surface area contributed by atoms with Crippen molar-refractivity contribution in [2.75, 3.05) is 13.1 Å². The highest BCUT2D eigenvalue weighted by molar-refractivity contribution is 5.79. The third-order valence-electron chi connectivity index (χ3n) is 1.83. The summed E-state index contributed by atoms with van der Waals surface area (Å²) >= 11 is 0. The van der Waals surface area contributed by atoms with Gasteiger partial charge in [0.05, 0.1) is 12.5 Å². The van der Waals surface area contributed by atoms with Crippen LogP contribution < -0.4 is 11.1 Å². The lowest BCUT2D eigenvalue weighted by atomic mass is 9.95. The van der Waals surface area contributed by atoms with Crippen molar-refractivity contribution in [2.45, 2.75) is 20.3 Å². The zero-order valence-corrected chi connectivity index (χ0v) is 7.89. The Morgan fingerprint density at radius 2 is 2.00 bits per heavy atom. The first-order valence-electron chi connectivity index (χ1n) is 4.25. The molecule has 78 valence electrons. The third kappa shape index (κ3) is 4.77. The molecular weight excluding hydrogens is 178 g/mol. The maximum Gasteiger partial charge on any atom is 0.255 e. The van der Waals surface area contributed by atoms with Gasteiger partial charge in [-0.05, 0) is 5.92 Å². The number of carbonyl (C=O) groups is 1. The summed E-state index contributed by atoms with van der Waals surface area (Å²) < 4.78 is 23.4. The molecule has 3 N–H and O–H groups in total. The maximum absolute atomic E-state index is 11.7. The molecule has 0 fully saturated rings. The molecule has 0 heterocycles. The van der Waals surface area contributed by atoms with Gasteiger partial charge in [-0.1, -0.05) is 13.8 Å². The van der Waals surface area contributed by atoms with Crippen LogP contribution in [0, 0.1) is 11.8 Å². The standard InChI is InChI=1S/C8H16F2N2O/c1-5(2)6(3-11)8(13)12-4-7(9)10/h5-7H,3-4,11H2,1-2H3,(H,12,13). The van der Waals surface area contributed by atoms with Crippen LogP contribution in [0.1, 0.15) is 13.8 Å². The predicted molar refractivity (Wildman–Crippen MR) is 46.4 cm³/mol. The molecule has 0 aliphatic carbocycles. The van der Waals surface area contributed by atoms with E-state index >= 15 is 0 Å². The van der Waals surface area contributed by atoms with Gasteiger partial charge in [0.25, 0.3) is 6.43 Å². The summed E-state index contributed by atoms with van der Waals surface area (Å²) in [5, 5.41) is 2.15. The summed E-state index contributed by atoms with van der Waals surface area (Å²) in [6.45, 7) is 3.26. The predicted octanol–water partition coefficient (Wildman–Crippen LogP) is 0.599. The van der Waals surface area contributed by atoms with Gasteiger partial charge < -0.3 is 11.1 Å².